The van der Waals surface area contributed by atoms with Crippen LogP contribution in [0.15, 0.2) is 48.5 Å². The van der Waals surface area contributed by atoms with Gasteiger partial charge in [-0.05, 0) is 54.7 Å². The molecule has 2 aromatic carbocycles. The van der Waals surface area contributed by atoms with Gasteiger partial charge in [-0.2, -0.15) is 0 Å². The molecule has 0 aliphatic carbocycles. The predicted molar refractivity (Wildman–Crippen MR) is 104 cm³/mol. The molecule has 2 rings (SSSR count). The predicted octanol–water partition coefficient (Wildman–Crippen LogP) is 4.35. The Morgan fingerprint density at radius 3 is 2.12 bits per heavy atom. The monoisotopic (exact) mass is 354 g/mol. The maximum atomic E-state index is 12.3. The second kappa shape index (κ2) is 9.04. The molecule has 2 aromatic rings. The molecule has 0 saturated carbocycles. The number of hydrogen-bond acceptors (Lipinski definition) is 3. The number of anilines is 1. The van der Waals surface area contributed by atoms with E-state index in [1.165, 1.54) is 5.56 Å². The van der Waals surface area contributed by atoms with E-state index in [0.29, 0.717) is 17.4 Å². The van der Waals surface area contributed by atoms with Crippen LogP contribution < -0.4 is 15.4 Å². The zero-order valence-corrected chi connectivity index (χ0v) is 15.7. The van der Waals surface area contributed by atoms with Crippen LogP contribution in [0, 0.1) is 5.92 Å². The highest BCUT2D eigenvalue weighted by atomic mass is 16.5. The van der Waals surface area contributed by atoms with Crippen molar-refractivity contribution in [3.8, 4) is 5.75 Å². The molecule has 26 heavy (non-hydrogen) atoms. The molecule has 1 atom stereocenters. The SMILES string of the molecule is COc1ccc(NC(=O)NC(=O)C(C)c2ccc(CC(C)C)cc2)cc1. The summed E-state index contributed by atoms with van der Waals surface area (Å²) < 4.78 is 5.07. The molecule has 0 aromatic heterocycles. The third-order valence-electron chi connectivity index (χ3n) is 4.10. The third-order valence-corrected chi connectivity index (χ3v) is 4.10. The fourth-order valence-electron chi connectivity index (χ4n) is 2.62. The van der Waals surface area contributed by atoms with Crippen molar-refractivity contribution in [2.75, 3.05) is 12.4 Å². The van der Waals surface area contributed by atoms with Crippen molar-refractivity contribution < 1.29 is 14.3 Å². The van der Waals surface area contributed by atoms with Gasteiger partial charge >= 0.3 is 6.03 Å². The molecule has 0 heterocycles. The number of methoxy groups -OCH3 is 1. The maximum Gasteiger partial charge on any atom is 0.325 e. The van der Waals surface area contributed by atoms with Crippen LogP contribution >= 0.6 is 0 Å². The summed E-state index contributed by atoms with van der Waals surface area (Å²) in [5.74, 6) is 0.530. The molecule has 0 spiro atoms. The Morgan fingerprint density at radius 1 is 0.962 bits per heavy atom. The number of amides is 3. The van der Waals surface area contributed by atoms with Crippen molar-refractivity contribution in [1.82, 2.24) is 5.32 Å². The molecule has 0 aliphatic heterocycles. The van der Waals surface area contributed by atoms with Crippen LogP contribution in [0.5, 0.6) is 5.75 Å². The smallest absolute Gasteiger partial charge is 0.325 e. The van der Waals surface area contributed by atoms with Gasteiger partial charge in [0.1, 0.15) is 5.75 Å². The van der Waals surface area contributed by atoms with Crippen LogP contribution in [-0.4, -0.2) is 19.0 Å². The van der Waals surface area contributed by atoms with Gasteiger partial charge in [-0.15, -0.1) is 0 Å². The van der Waals surface area contributed by atoms with Crippen LogP contribution in [-0.2, 0) is 11.2 Å². The summed E-state index contributed by atoms with van der Waals surface area (Å²) in [6, 6.07) is 14.3. The third kappa shape index (κ3) is 5.62. The van der Waals surface area contributed by atoms with Crippen LogP contribution in [0.3, 0.4) is 0 Å². The molecule has 0 aliphatic rings. The largest absolute Gasteiger partial charge is 0.497 e. The highest BCUT2D eigenvalue weighted by Gasteiger charge is 2.18. The molecule has 1 unspecified atom stereocenters. The fraction of sp³-hybridized carbons (Fsp3) is 0.333. The zero-order valence-electron chi connectivity index (χ0n) is 15.7. The van der Waals surface area contributed by atoms with Gasteiger partial charge in [0.25, 0.3) is 0 Å². The van der Waals surface area contributed by atoms with Gasteiger partial charge in [0.15, 0.2) is 0 Å². The Hall–Kier alpha value is -2.82. The van der Waals surface area contributed by atoms with E-state index in [1.807, 2.05) is 24.3 Å². The number of ether oxygens (including phenoxy) is 1. The minimum Gasteiger partial charge on any atom is -0.497 e. The summed E-state index contributed by atoms with van der Waals surface area (Å²) in [4.78, 5) is 24.3. The summed E-state index contributed by atoms with van der Waals surface area (Å²) in [6.07, 6.45) is 1.01. The molecular formula is C21H26N2O3. The zero-order chi connectivity index (χ0) is 19.1. The van der Waals surface area contributed by atoms with Crippen LogP contribution in [0.25, 0.3) is 0 Å². The molecule has 0 saturated heterocycles. The van der Waals surface area contributed by atoms with Gasteiger partial charge in [-0.25, -0.2) is 4.79 Å². The van der Waals surface area contributed by atoms with E-state index in [4.69, 9.17) is 4.74 Å². The molecule has 0 fully saturated rings. The number of imide groups is 1. The van der Waals surface area contributed by atoms with Crippen molar-refractivity contribution in [2.24, 2.45) is 5.92 Å². The van der Waals surface area contributed by atoms with Crippen LogP contribution in [0.2, 0.25) is 0 Å². The van der Waals surface area contributed by atoms with Crippen molar-refractivity contribution in [1.29, 1.82) is 0 Å². The maximum absolute atomic E-state index is 12.3. The Kier molecular flexibility index (Phi) is 6.78. The van der Waals surface area contributed by atoms with Gasteiger partial charge in [-0.1, -0.05) is 38.1 Å². The van der Waals surface area contributed by atoms with Crippen LogP contribution in [0.1, 0.15) is 37.8 Å². The van der Waals surface area contributed by atoms with Crippen molar-refractivity contribution >= 4 is 17.6 Å². The highest BCUT2D eigenvalue weighted by Crippen LogP contribution is 2.18. The second-order valence-electron chi connectivity index (χ2n) is 6.73. The lowest BCUT2D eigenvalue weighted by molar-refractivity contribution is -0.121. The molecule has 0 radical (unpaired) electrons. The molecule has 0 bridgehead atoms. The molecule has 5 nitrogen and oxygen atoms in total. The number of rotatable bonds is 6. The number of carbonyl (C=O) groups excluding carboxylic acids is 2. The lowest BCUT2D eigenvalue weighted by Gasteiger charge is -2.13. The standard InChI is InChI=1S/C21H26N2O3/c1-14(2)13-16-5-7-17(8-6-16)15(3)20(24)23-21(25)22-18-9-11-19(26-4)12-10-18/h5-12,14-15H,13H2,1-4H3,(H2,22,23,24,25). The Labute approximate surface area is 154 Å². The van der Waals surface area contributed by atoms with Crippen molar-refractivity contribution in [2.45, 2.75) is 33.1 Å². The average molecular weight is 354 g/mol. The van der Waals surface area contributed by atoms with E-state index < -0.39 is 11.9 Å². The van der Waals surface area contributed by atoms with Gasteiger partial charge in [-0.3, -0.25) is 10.1 Å². The van der Waals surface area contributed by atoms with E-state index in [0.717, 1.165) is 12.0 Å². The van der Waals surface area contributed by atoms with Gasteiger partial charge < -0.3 is 10.1 Å². The lowest BCUT2D eigenvalue weighted by Crippen LogP contribution is -2.36. The highest BCUT2D eigenvalue weighted by molar-refractivity contribution is 6.03. The first kappa shape index (κ1) is 19.5. The first-order valence-electron chi connectivity index (χ1n) is 8.73. The summed E-state index contributed by atoms with van der Waals surface area (Å²) >= 11 is 0. The molecule has 5 heteroatoms. The van der Waals surface area contributed by atoms with E-state index >= 15 is 0 Å². The minimum absolute atomic E-state index is 0.340. The van der Waals surface area contributed by atoms with Gasteiger partial charge in [0, 0.05) is 5.69 Å². The van der Waals surface area contributed by atoms with E-state index in [2.05, 4.69) is 24.5 Å². The number of nitrogens with one attached hydrogen (secondary N) is 2. The summed E-state index contributed by atoms with van der Waals surface area (Å²) in [7, 11) is 1.57. The first-order chi connectivity index (χ1) is 12.4. The summed E-state index contributed by atoms with van der Waals surface area (Å²) in [6.45, 7) is 6.13. The normalized spacial score (nSPS) is 11.7. The lowest BCUT2D eigenvalue weighted by atomic mass is 9.96. The topological polar surface area (TPSA) is 67.4 Å². The van der Waals surface area contributed by atoms with Crippen LogP contribution in [0.4, 0.5) is 10.5 Å². The van der Waals surface area contributed by atoms with E-state index in [9.17, 15) is 9.59 Å². The van der Waals surface area contributed by atoms with E-state index in [-0.39, 0.29) is 5.91 Å². The van der Waals surface area contributed by atoms with Gasteiger partial charge in [0.2, 0.25) is 5.91 Å². The minimum atomic E-state index is -0.552. The summed E-state index contributed by atoms with van der Waals surface area (Å²) in [5.41, 5.74) is 2.71. The average Bonchev–Trinajstić information content (AvgIpc) is 2.61. The fourth-order valence-corrected chi connectivity index (χ4v) is 2.62. The van der Waals surface area contributed by atoms with Crippen molar-refractivity contribution in [3.05, 3.63) is 59.7 Å². The van der Waals surface area contributed by atoms with Crippen molar-refractivity contribution in [3.63, 3.8) is 0 Å². The Balaban J connectivity index is 1.91. The molecule has 3 amide bonds. The van der Waals surface area contributed by atoms with Gasteiger partial charge in [0.05, 0.1) is 13.0 Å². The summed E-state index contributed by atoms with van der Waals surface area (Å²) in [5, 5.41) is 5.02. The molecule has 138 valence electrons. The van der Waals surface area contributed by atoms with E-state index in [1.54, 1.807) is 38.3 Å². The molecule has 2 N–H and O–H groups in total. The number of carbonyl (C=O) groups is 2. The number of benzene rings is 2. The number of hydrogen-bond donors (Lipinski definition) is 2. The quantitative estimate of drug-likeness (QED) is 0.810. The molecular weight excluding hydrogens is 328 g/mol. The Bertz CT molecular complexity index is 737. The second-order valence-corrected chi connectivity index (χ2v) is 6.73. The first-order valence-corrected chi connectivity index (χ1v) is 8.73. The number of urea groups is 1. The Morgan fingerprint density at radius 2 is 1.58 bits per heavy atom.